The van der Waals surface area contributed by atoms with Gasteiger partial charge in [0.1, 0.15) is 19.0 Å². The number of aliphatic imine (C=N–C) groups is 1. The lowest BCUT2D eigenvalue weighted by Gasteiger charge is -2.18. The van der Waals surface area contributed by atoms with Gasteiger partial charge in [-0.25, -0.2) is 0 Å². The van der Waals surface area contributed by atoms with Gasteiger partial charge in [-0.2, -0.15) is 0 Å². The van der Waals surface area contributed by atoms with Crippen molar-refractivity contribution < 1.29 is 19.7 Å². The molecule has 0 spiro atoms. The molecule has 0 unspecified atom stereocenters. The Balaban J connectivity index is 1.66. The van der Waals surface area contributed by atoms with Crippen molar-refractivity contribution in [2.75, 3.05) is 19.8 Å². The van der Waals surface area contributed by atoms with Crippen molar-refractivity contribution in [1.29, 1.82) is 0 Å². The van der Waals surface area contributed by atoms with E-state index in [0.717, 1.165) is 23.5 Å². The molecule has 0 atom stereocenters. The van der Waals surface area contributed by atoms with Crippen LogP contribution in [0.3, 0.4) is 0 Å². The average molecular weight is 328 g/mol. The highest BCUT2D eigenvalue weighted by Gasteiger charge is 2.11. The first-order valence-corrected chi connectivity index (χ1v) is 7.85. The maximum absolute atomic E-state index is 10.1. The minimum absolute atomic E-state index is 0.0598. The van der Waals surface area contributed by atoms with Crippen LogP contribution in [-0.2, 0) is 13.0 Å². The first kappa shape index (κ1) is 16.3. The van der Waals surface area contributed by atoms with Crippen molar-refractivity contribution in [1.82, 2.24) is 4.98 Å². The summed E-state index contributed by atoms with van der Waals surface area (Å²) in [5, 5.41) is 19.4. The zero-order chi connectivity index (χ0) is 16.9. The lowest BCUT2D eigenvalue weighted by molar-refractivity contribution is 0.171. The molecule has 0 amide bonds. The van der Waals surface area contributed by atoms with Gasteiger partial charge in [-0.15, -0.1) is 0 Å². The number of ether oxygens (including phenoxy) is 2. The van der Waals surface area contributed by atoms with E-state index in [1.54, 1.807) is 19.3 Å². The van der Waals surface area contributed by atoms with Crippen LogP contribution in [0, 0.1) is 6.92 Å². The van der Waals surface area contributed by atoms with E-state index in [9.17, 15) is 10.2 Å². The van der Waals surface area contributed by atoms with Crippen molar-refractivity contribution >= 4 is 6.21 Å². The average Bonchev–Trinajstić information content (AvgIpc) is 2.62. The molecule has 2 heterocycles. The van der Waals surface area contributed by atoms with Crippen LogP contribution in [0.1, 0.15) is 22.4 Å². The van der Waals surface area contributed by atoms with Crippen LogP contribution >= 0.6 is 0 Å². The van der Waals surface area contributed by atoms with Gasteiger partial charge in [0.2, 0.25) is 0 Å². The van der Waals surface area contributed by atoms with E-state index in [1.807, 2.05) is 18.2 Å². The minimum Gasteiger partial charge on any atom is -0.505 e. The van der Waals surface area contributed by atoms with Gasteiger partial charge in [-0.1, -0.05) is 6.07 Å². The molecule has 2 aromatic rings. The normalized spacial score (nSPS) is 13.4. The smallest absolute Gasteiger partial charge is 0.161 e. The molecule has 0 saturated carbocycles. The molecule has 0 saturated heterocycles. The number of aliphatic hydroxyl groups is 1. The summed E-state index contributed by atoms with van der Waals surface area (Å²) in [5.74, 6) is 1.61. The third-order valence-electron chi connectivity index (χ3n) is 3.88. The second-order valence-corrected chi connectivity index (χ2v) is 5.55. The maximum Gasteiger partial charge on any atom is 0.161 e. The van der Waals surface area contributed by atoms with Crippen molar-refractivity contribution in [3.05, 3.63) is 46.8 Å². The Kier molecular flexibility index (Phi) is 4.96. The summed E-state index contributed by atoms with van der Waals surface area (Å²) in [5.41, 5.74) is 2.70. The molecule has 6 heteroatoms. The highest BCUT2D eigenvalue weighted by molar-refractivity contribution is 5.85. The van der Waals surface area contributed by atoms with Crippen LogP contribution in [0.5, 0.6) is 17.2 Å². The van der Waals surface area contributed by atoms with Gasteiger partial charge in [-0.05, 0) is 31.0 Å². The van der Waals surface area contributed by atoms with Crippen LogP contribution in [0.2, 0.25) is 0 Å². The van der Waals surface area contributed by atoms with E-state index in [1.165, 1.54) is 0 Å². The fourth-order valence-corrected chi connectivity index (χ4v) is 2.52. The van der Waals surface area contributed by atoms with Gasteiger partial charge in [0, 0.05) is 30.1 Å². The number of pyridine rings is 1. The highest BCUT2D eigenvalue weighted by Crippen LogP contribution is 2.30. The molecular formula is C18H20N2O4. The lowest BCUT2D eigenvalue weighted by atomic mass is 10.1. The van der Waals surface area contributed by atoms with E-state index < -0.39 is 0 Å². The molecule has 1 aliphatic heterocycles. The quantitative estimate of drug-likeness (QED) is 0.820. The molecule has 0 aliphatic carbocycles. The zero-order valence-corrected chi connectivity index (χ0v) is 13.5. The van der Waals surface area contributed by atoms with Crippen LogP contribution in [0.4, 0.5) is 0 Å². The van der Waals surface area contributed by atoms with E-state index in [2.05, 4.69) is 9.98 Å². The Morgan fingerprint density at radius 2 is 2.04 bits per heavy atom. The van der Waals surface area contributed by atoms with Crippen molar-refractivity contribution in [3.63, 3.8) is 0 Å². The first-order chi connectivity index (χ1) is 11.7. The molecule has 0 radical (unpaired) electrons. The molecule has 24 heavy (non-hydrogen) atoms. The lowest BCUT2D eigenvalue weighted by Crippen LogP contribution is -2.15. The molecular weight excluding hydrogens is 308 g/mol. The number of aromatic hydroxyl groups is 1. The van der Waals surface area contributed by atoms with Crippen LogP contribution in [0.15, 0.2) is 29.4 Å². The van der Waals surface area contributed by atoms with Gasteiger partial charge >= 0.3 is 0 Å². The Bertz CT molecular complexity index is 759. The first-order valence-electron chi connectivity index (χ1n) is 7.85. The van der Waals surface area contributed by atoms with Crippen molar-refractivity contribution in [2.24, 2.45) is 4.99 Å². The molecule has 1 aromatic heterocycles. The van der Waals surface area contributed by atoms with Crippen molar-refractivity contribution in [3.8, 4) is 17.2 Å². The molecule has 2 N–H and O–H groups in total. The van der Waals surface area contributed by atoms with E-state index in [-0.39, 0.29) is 12.4 Å². The number of benzene rings is 1. The predicted octanol–water partition coefficient (Wildman–Crippen LogP) is 2.02. The number of aliphatic hydroxyl groups excluding tert-OH is 1. The Labute approximate surface area is 140 Å². The molecule has 1 aliphatic rings. The maximum atomic E-state index is 10.1. The third-order valence-corrected chi connectivity index (χ3v) is 3.88. The number of aromatic nitrogens is 1. The van der Waals surface area contributed by atoms with Crippen LogP contribution in [-0.4, -0.2) is 41.2 Å². The summed E-state index contributed by atoms with van der Waals surface area (Å²) >= 11 is 0. The second-order valence-electron chi connectivity index (χ2n) is 5.55. The molecule has 3 rings (SSSR count). The molecule has 6 nitrogen and oxygen atoms in total. The monoisotopic (exact) mass is 328 g/mol. The SMILES string of the molecule is Cc1ncc(CO)c(C=NCCc2ccc3c(c2)OCCO3)c1O. The Hall–Kier alpha value is -2.60. The van der Waals surface area contributed by atoms with Crippen molar-refractivity contribution in [2.45, 2.75) is 20.0 Å². The molecule has 0 bridgehead atoms. The molecule has 126 valence electrons. The van der Waals surface area contributed by atoms with E-state index >= 15 is 0 Å². The zero-order valence-electron chi connectivity index (χ0n) is 13.5. The van der Waals surface area contributed by atoms with E-state index in [4.69, 9.17) is 9.47 Å². The van der Waals surface area contributed by atoms with Crippen LogP contribution in [0.25, 0.3) is 0 Å². The second kappa shape index (κ2) is 7.31. The van der Waals surface area contributed by atoms with Crippen LogP contribution < -0.4 is 9.47 Å². The number of nitrogens with zero attached hydrogens (tertiary/aromatic N) is 2. The van der Waals surface area contributed by atoms with Gasteiger partial charge < -0.3 is 19.7 Å². The number of aryl methyl sites for hydroxylation is 1. The third kappa shape index (κ3) is 3.49. The van der Waals surface area contributed by atoms with Gasteiger partial charge in [-0.3, -0.25) is 9.98 Å². The minimum atomic E-state index is -0.190. The summed E-state index contributed by atoms with van der Waals surface area (Å²) in [7, 11) is 0. The summed E-state index contributed by atoms with van der Waals surface area (Å²) in [6.45, 7) is 3.23. The largest absolute Gasteiger partial charge is 0.505 e. The number of hydrogen-bond donors (Lipinski definition) is 2. The predicted molar refractivity (Wildman–Crippen MR) is 90.2 cm³/mol. The standard InChI is InChI=1S/C18H20N2O4/c1-12-18(22)15(14(11-21)9-20-12)10-19-5-4-13-2-3-16-17(8-13)24-7-6-23-16/h2-3,8-10,21-22H,4-7,11H2,1H3. The van der Waals surface area contributed by atoms with Gasteiger partial charge in [0.15, 0.2) is 11.5 Å². The number of rotatable bonds is 5. The summed E-state index contributed by atoms with van der Waals surface area (Å²) in [4.78, 5) is 8.39. The number of hydrogen-bond acceptors (Lipinski definition) is 6. The fourth-order valence-electron chi connectivity index (χ4n) is 2.52. The highest BCUT2D eigenvalue weighted by atomic mass is 16.6. The fraction of sp³-hybridized carbons (Fsp3) is 0.333. The number of fused-ring (bicyclic) bond motifs is 1. The van der Waals surface area contributed by atoms with E-state index in [0.29, 0.717) is 36.6 Å². The summed E-state index contributed by atoms with van der Waals surface area (Å²) in [6, 6.07) is 5.88. The van der Waals surface area contributed by atoms with Gasteiger partial charge in [0.25, 0.3) is 0 Å². The topological polar surface area (TPSA) is 84.2 Å². The summed E-state index contributed by atoms with van der Waals surface area (Å²) in [6.07, 6.45) is 3.89. The summed E-state index contributed by atoms with van der Waals surface area (Å²) < 4.78 is 11.1. The molecule has 1 aromatic carbocycles. The van der Waals surface area contributed by atoms with Gasteiger partial charge in [0.05, 0.1) is 12.3 Å². The molecule has 0 fully saturated rings. The Morgan fingerprint density at radius 3 is 2.83 bits per heavy atom. The Morgan fingerprint density at radius 1 is 1.25 bits per heavy atom.